The summed E-state index contributed by atoms with van der Waals surface area (Å²) in [6.45, 7) is 10.1. The maximum Gasteiger partial charge on any atom is 0.194 e. The van der Waals surface area contributed by atoms with Crippen molar-refractivity contribution in [2.45, 2.75) is 32.3 Å². The maximum absolute atomic E-state index is 6.13. The number of guanidine groups is 1. The van der Waals surface area contributed by atoms with Gasteiger partial charge in [0.25, 0.3) is 0 Å². The number of benzene rings is 1. The summed E-state index contributed by atoms with van der Waals surface area (Å²) in [4.78, 5) is 9.55. The zero-order valence-electron chi connectivity index (χ0n) is 16.9. The summed E-state index contributed by atoms with van der Waals surface area (Å²) in [5, 5.41) is 4.22. The van der Waals surface area contributed by atoms with Crippen LogP contribution < -0.4 is 10.2 Å². The van der Waals surface area contributed by atoms with Crippen molar-refractivity contribution in [1.82, 2.24) is 10.2 Å². The van der Waals surface area contributed by atoms with Gasteiger partial charge in [0.15, 0.2) is 5.96 Å². The third-order valence-corrected chi connectivity index (χ3v) is 5.41. The normalized spacial score (nSPS) is 19.1. The highest BCUT2D eigenvalue weighted by Crippen LogP contribution is 2.20. The first-order valence-electron chi connectivity index (χ1n) is 10.5. The molecule has 7 heteroatoms. The van der Waals surface area contributed by atoms with Gasteiger partial charge in [-0.25, -0.2) is 0 Å². The van der Waals surface area contributed by atoms with Gasteiger partial charge in [-0.3, -0.25) is 4.99 Å². The molecule has 0 radical (unpaired) electrons. The van der Waals surface area contributed by atoms with Crippen LogP contribution in [0.4, 0.5) is 5.69 Å². The fourth-order valence-corrected chi connectivity index (χ4v) is 3.80. The summed E-state index contributed by atoms with van der Waals surface area (Å²) >= 11 is 6.13. The molecule has 1 aromatic carbocycles. The number of halogens is 1. The molecule has 28 heavy (non-hydrogen) atoms. The highest BCUT2D eigenvalue weighted by Gasteiger charge is 2.20. The monoisotopic (exact) mass is 408 g/mol. The van der Waals surface area contributed by atoms with Gasteiger partial charge in [0.1, 0.15) is 0 Å². The minimum Gasteiger partial charge on any atom is -0.381 e. The van der Waals surface area contributed by atoms with Crippen LogP contribution in [0.3, 0.4) is 0 Å². The van der Waals surface area contributed by atoms with E-state index in [-0.39, 0.29) is 0 Å². The minimum absolute atomic E-state index is 0.366. The van der Waals surface area contributed by atoms with E-state index >= 15 is 0 Å². The van der Waals surface area contributed by atoms with Gasteiger partial charge in [0.05, 0.1) is 6.10 Å². The zero-order chi connectivity index (χ0) is 19.6. The number of nitrogens with one attached hydrogen (secondary N) is 1. The van der Waals surface area contributed by atoms with Crippen LogP contribution in [0.5, 0.6) is 0 Å². The van der Waals surface area contributed by atoms with Crippen LogP contribution in [0.15, 0.2) is 29.3 Å². The lowest BCUT2D eigenvalue weighted by Gasteiger charge is -2.37. The Morgan fingerprint density at radius 2 is 2.04 bits per heavy atom. The molecule has 0 aromatic heterocycles. The number of hydrogen-bond donors (Lipinski definition) is 1. The second-order valence-corrected chi connectivity index (χ2v) is 7.66. The number of piperazine rings is 1. The Labute approximate surface area is 173 Å². The first-order valence-corrected chi connectivity index (χ1v) is 10.9. The topological polar surface area (TPSA) is 49.3 Å². The average Bonchev–Trinajstić information content (AvgIpc) is 2.74. The molecule has 2 saturated heterocycles. The molecule has 2 heterocycles. The molecule has 0 bridgehead atoms. The second kappa shape index (κ2) is 11.5. The van der Waals surface area contributed by atoms with Crippen molar-refractivity contribution in [3.8, 4) is 0 Å². The molecule has 3 rings (SSSR count). The Hall–Kier alpha value is -1.50. The van der Waals surface area contributed by atoms with Crippen molar-refractivity contribution in [2.75, 3.05) is 64.0 Å². The quantitative estimate of drug-likeness (QED) is 0.427. The molecule has 0 amide bonds. The van der Waals surface area contributed by atoms with E-state index in [0.717, 1.165) is 89.3 Å². The SMILES string of the molecule is CCNC(=NCCCOC1CCOCC1)N1CCN(c2cccc(Cl)c2)CC1. The first kappa shape index (κ1) is 21.2. The molecular formula is C21H33ClN4O2. The molecule has 1 aromatic rings. The van der Waals surface area contributed by atoms with Crippen LogP contribution in [0.2, 0.25) is 5.02 Å². The number of ether oxygens (including phenoxy) is 2. The summed E-state index contributed by atoms with van der Waals surface area (Å²) in [6.07, 6.45) is 3.35. The van der Waals surface area contributed by atoms with Crippen LogP contribution in [0.25, 0.3) is 0 Å². The lowest BCUT2D eigenvalue weighted by molar-refractivity contribution is -0.0318. The fourth-order valence-electron chi connectivity index (χ4n) is 3.62. The van der Waals surface area contributed by atoms with Crippen LogP contribution in [-0.2, 0) is 9.47 Å². The average molecular weight is 409 g/mol. The maximum atomic E-state index is 6.13. The third-order valence-electron chi connectivity index (χ3n) is 5.17. The van der Waals surface area contributed by atoms with E-state index in [0.29, 0.717) is 6.10 Å². The van der Waals surface area contributed by atoms with Gasteiger partial charge in [-0.15, -0.1) is 0 Å². The van der Waals surface area contributed by atoms with Gasteiger partial charge in [-0.05, 0) is 44.4 Å². The largest absolute Gasteiger partial charge is 0.381 e. The Kier molecular flexibility index (Phi) is 8.70. The summed E-state index contributed by atoms with van der Waals surface area (Å²) in [5.41, 5.74) is 1.19. The van der Waals surface area contributed by atoms with Gasteiger partial charge in [0.2, 0.25) is 0 Å². The van der Waals surface area contributed by atoms with Crippen molar-refractivity contribution in [3.05, 3.63) is 29.3 Å². The Morgan fingerprint density at radius 3 is 2.75 bits per heavy atom. The lowest BCUT2D eigenvalue weighted by atomic mass is 10.1. The van der Waals surface area contributed by atoms with Crippen LogP contribution in [0.1, 0.15) is 26.2 Å². The number of rotatable bonds is 7. The fraction of sp³-hybridized carbons (Fsp3) is 0.667. The molecule has 0 unspecified atom stereocenters. The van der Waals surface area contributed by atoms with Gasteiger partial charge < -0.3 is 24.6 Å². The van der Waals surface area contributed by atoms with Gasteiger partial charge in [-0.2, -0.15) is 0 Å². The summed E-state index contributed by atoms with van der Waals surface area (Å²) in [5.74, 6) is 1.01. The smallest absolute Gasteiger partial charge is 0.194 e. The van der Waals surface area contributed by atoms with E-state index in [4.69, 9.17) is 26.1 Å². The summed E-state index contributed by atoms with van der Waals surface area (Å²) in [6, 6.07) is 8.09. The predicted molar refractivity (Wildman–Crippen MR) is 116 cm³/mol. The van der Waals surface area contributed by atoms with E-state index < -0.39 is 0 Å². The van der Waals surface area contributed by atoms with E-state index in [9.17, 15) is 0 Å². The van der Waals surface area contributed by atoms with E-state index in [2.05, 4.69) is 28.1 Å². The van der Waals surface area contributed by atoms with E-state index in [1.54, 1.807) is 0 Å². The molecule has 0 aliphatic carbocycles. The van der Waals surface area contributed by atoms with Gasteiger partial charge in [-0.1, -0.05) is 17.7 Å². The summed E-state index contributed by atoms with van der Waals surface area (Å²) < 4.78 is 11.3. The van der Waals surface area contributed by atoms with Crippen LogP contribution in [-0.4, -0.2) is 76.1 Å². The predicted octanol–water partition coefficient (Wildman–Crippen LogP) is 3.01. The number of aliphatic imine (C=N–C) groups is 1. The van der Waals surface area contributed by atoms with Crippen molar-refractivity contribution in [2.24, 2.45) is 4.99 Å². The molecule has 156 valence electrons. The van der Waals surface area contributed by atoms with Gasteiger partial charge >= 0.3 is 0 Å². The second-order valence-electron chi connectivity index (χ2n) is 7.23. The minimum atomic E-state index is 0.366. The van der Waals surface area contributed by atoms with Crippen LogP contribution >= 0.6 is 11.6 Å². The lowest BCUT2D eigenvalue weighted by Crippen LogP contribution is -2.52. The highest BCUT2D eigenvalue weighted by molar-refractivity contribution is 6.30. The molecule has 0 atom stereocenters. The van der Waals surface area contributed by atoms with E-state index in [1.165, 1.54) is 5.69 Å². The van der Waals surface area contributed by atoms with Crippen molar-refractivity contribution < 1.29 is 9.47 Å². The van der Waals surface area contributed by atoms with Crippen molar-refractivity contribution in [3.63, 3.8) is 0 Å². The van der Waals surface area contributed by atoms with Crippen LogP contribution in [0, 0.1) is 0 Å². The van der Waals surface area contributed by atoms with E-state index in [1.807, 2.05) is 18.2 Å². The summed E-state index contributed by atoms with van der Waals surface area (Å²) in [7, 11) is 0. The standard InChI is InChI=1S/C21H33ClN4O2/c1-2-23-21(24-9-4-14-28-20-7-15-27-16-8-20)26-12-10-25(11-13-26)19-6-3-5-18(22)17-19/h3,5-6,17,20H,2,4,7-16H2,1H3,(H,23,24). The molecule has 6 nitrogen and oxygen atoms in total. The Balaban J connectivity index is 1.42. The number of anilines is 1. The molecular weight excluding hydrogens is 376 g/mol. The number of nitrogens with zero attached hydrogens (tertiary/aromatic N) is 3. The van der Waals surface area contributed by atoms with Gasteiger partial charge in [0, 0.05) is 69.8 Å². The molecule has 2 aliphatic heterocycles. The number of hydrogen-bond acceptors (Lipinski definition) is 4. The highest BCUT2D eigenvalue weighted by atomic mass is 35.5. The van der Waals surface area contributed by atoms with Crippen molar-refractivity contribution in [1.29, 1.82) is 0 Å². The Bertz CT molecular complexity index is 614. The zero-order valence-corrected chi connectivity index (χ0v) is 17.7. The molecule has 0 spiro atoms. The molecule has 2 fully saturated rings. The first-order chi connectivity index (χ1) is 13.8. The molecule has 0 saturated carbocycles. The molecule has 2 aliphatic rings. The Morgan fingerprint density at radius 1 is 1.25 bits per heavy atom. The van der Waals surface area contributed by atoms with Crippen molar-refractivity contribution >= 4 is 23.2 Å². The third kappa shape index (κ3) is 6.54. The molecule has 1 N–H and O–H groups in total.